The van der Waals surface area contributed by atoms with Gasteiger partial charge in [0, 0.05) is 6.04 Å². The van der Waals surface area contributed by atoms with Crippen LogP contribution in [0.2, 0.25) is 0 Å². The number of nitrogens with two attached hydrogens (primary N) is 1. The highest BCUT2D eigenvalue weighted by Crippen LogP contribution is 2.36. The minimum absolute atomic E-state index is 0.0492. The fourth-order valence-electron chi connectivity index (χ4n) is 1.33. The van der Waals surface area contributed by atoms with E-state index in [1.165, 1.54) is 12.8 Å². The van der Waals surface area contributed by atoms with E-state index < -0.39 is 0 Å². The quantitative estimate of drug-likeness (QED) is 0.729. The summed E-state index contributed by atoms with van der Waals surface area (Å²) in [5.41, 5.74) is 5.88. The van der Waals surface area contributed by atoms with E-state index in [9.17, 15) is 0 Å². The fraction of sp³-hybridized carbons (Fsp3) is 0.750. The van der Waals surface area contributed by atoms with Gasteiger partial charge in [-0.15, -0.1) is 10.2 Å². The van der Waals surface area contributed by atoms with Crippen molar-refractivity contribution in [3.8, 4) is 0 Å². The number of hydrogen-bond donors (Lipinski definition) is 1. The Kier molecular flexibility index (Phi) is 1.84. The molecule has 1 unspecified atom stereocenters. The van der Waals surface area contributed by atoms with Crippen LogP contribution in [0.5, 0.6) is 0 Å². The summed E-state index contributed by atoms with van der Waals surface area (Å²) in [6, 6.07) is 0.681. The van der Waals surface area contributed by atoms with Crippen molar-refractivity contribution in [2.45, 2.75) is 38.3 Å². The van der Waals surface area contributed by atoms with E-state index in [4.69, 9.17) is 5.73 Å². The molecule has 1 aromatic heterocycles. The Balaban J connectivity index is 2.23. The first-order valence-corrected chi connectivity index (χ1v) is 4.48. The van der Waals surface area contributed by atoms with Crippen molar-refractivity contribution in [1.82, 2.24) is 14.8 Å². The van der Waals surface area contributed by atoms with Crippen LogP contribution in [0.4, 0.5) is 0 Å². The SMILES string of the molecule is CCC(N)c1nncn1C1CC1. The predicted molar refractivity (Wildman–Crippen MR) is 45.5 cm³/mol. The summed E-state index contributed by atoms with van der Waals surface area (Å²) < 4.78 is 2.12. The molecule has 1 atom stereocenters. The molecule has 1 aliphatic carbocycles. The van der Waals surface area contributed by atoms with Gasteiger partial charge in [-0.3, -0.25) is 0 Å². The molecule has 1 aliphatic rings. The molecule has 0 amide bonds. The van der Waals surface area contributed by atoms with E-state index in [2.05, 4.69) is 21.7 Å². The van der Waals surface area contributed by atoms with Crippen molar-refractivity contribution >= 4 is 0 Å². The average molecular weight is 166 g/mol. The van der Waals surface area contributed by atoms with Crippen LogP contribution in [0.3, 0.4) is 0 Å². The van der Waals surface area contributed by atoms with Gasteiger partial charge in [0.25, 0.3) is 0 Å². The highest BCUT2D eigenvalue weighted by Gasteiger charge is 2.27. The van der Waals surface area contributed by atoms with Crippen LogP contribution in [-0.4, -0.2) is 14.8 Å². The zero-order valence-electron chi connectivity index (χ0n) is 7.27. The van der Waals surface area contributed by atoms with Gasteiger partial charge in [0.15, 0.2) is 0 Å². The van der Waals surface area contributed by atoms with Crippen LogP contribution in [0.1, 0.15) is 44.1 Å². The molecule has 4 heteroatoms. The maximum atomic E-state index is 5.88. The Bertz CT molecular complexity index is 264. The lowest BCUT2D eigenvalue weighted by Crippen LogP contribution is -2.15. The minimum atomic E-state index is 0.0492. The Morgan fingerprint density at radius 1 is 1.75 bits per heavy atom. The predicted octanol–water partition coefficient (Wildman–Crippen LogP) is 1.02. The smallest absolute Gasteiger partial charge is 0.150 e. The van der Waals surface area contributed by atoms with E-state index in [1.54, 1.807) is 6.33 Å². The minimum Gasteiger partial charge on any atom is -0.321 e. The summed E-state index contributed by atoms with van der Waals surface area (Å²) in [6.45, 7) is 2.07. The molecule has 1 aromatic rings. The zero-order chi connectivity index (χ0) is 8.55. The summed E-state index contributed by atoms with van der Waals surface area (Å²) in [4.78, 5) is 0. The van der Waals surface area contributed by atoms with E-state index in [-0.39, 0.29) is 6.04 Å². The van der Waals surface area contributed by atoms with Crippen molar-refractivity contribution in [2.75, 3.05) is 0 Å². The Morgan fingerprint density at radius 3 is 3.08 bits per heavy atom. The zero-order valence-corrected chi connectivity index (χ0v) is 7.27. The Morgan fingerprint density at radius 2 is 2.50 bits per heavy atom. The summed E-state index contributed by atoms with van der Waals surface area (Å²) >= 11 is 0. The van der Waals surface area contributed by atoms with Gasteiger partial charge in [0.2, 0.25) is 0 Å². The lowest BCUT2D eigenvalue weighted by Gasteiger charge is -2.09. The van der Waals surface area contributed by atoms with Gasteiger partial charge in [-0.2, -0.15) is 0 Å². The Labute approximate surface area is 71.8 Å². The van der Waals surface area contributed by atoms with Crippen LogP contribution in [0, 0.1) is 0 Å². The van der Waals surface area contributed by atoms with Crippen LogP contribution < -0.4 is 5.73 Å². The average Bonchev–Trinajstić information content (AvgIpc) is 2.83. The third-order valence-electron chi connectivity index (χ3n) is 2.31. The van der Waals surface area contributed by atoms with Gasteiger partial charge >= 0.3 is 0 Å². The second kappa shape index (κ2) is 2.86. The monoisotopic (exact) mass is 166 g/mol. The molecule has 66 valence electrons. The van der Waals surface area contributed by atoms with Crippen LogP contribution >= 0.6 is 0 Å². The van der Waals surface area contributed by atoms with Crippen LogP contribution in [0.15, 0.2) is 6.33 Å². The molecule has 4 nitrogen and oxygen atoms in total. The highest BCUT2D eigenvalue weighted by atomic mass is 15.3. The summed E-state index contributed by atoms with van der Waals surface area (Å²) in [5.74, 6) is 0.944. The molecule has 2 rings (SSSR count). The third-order valence-corrected chi connectivity index (χ3v) is 2.31. The molecule has 0 aromatic carbocycles. The van der Waals surface area contributed by atoms with Crippen LogP contribution in [-0.2, 0) is 0 Å². The summed E-state index contributed by atoms with van der Waals surface area (Å²) in [5, 5.41) is 7.92. The van der Waals surface area contributed by atoms with E-state index in [0.29, 0.717) is 6.04 Å². The maximum Gasteiger partial charge on any atom is 0.150 e. The number of hydrogen-bond acceptors (Lipinski definition) is 3. The third kappa shape index (κ3) is 1.22. The van der Waals surface area contributed by atoms with Gasteiger partial charge in [0.05, 0.1) is 6.04 Å². The lowest BCUT2D eigenvalue weighted by molar-refractivity contribution is 0.581. The first kappa shape index (κ1) is 7.73. The number of aromatic nitrogens is 3. The van der Waals surface area contributed by atoms with Gasteiger partial charge in [-0.1, -0.05) is 6.92 Å². The summed E-state index contributed by atoms with van der Waals surface area (Å²) in [7, 11) is 0. The van der Waals surface area contributed by atoms with Crippen molar-refractivity contribution in [3.63, 3.8) is 0 Å². The molecule has 1 heterocycles. The second-order valence-electron chi connectivity index (χ2n) is 3.34. The van der Waals surface area contributed by atoms with E-state index in [1.807, 2.05) is 0 Å². The molecular formula is C8H14N4. The molecule has 1 saturated carbocycles. The molecule has 0 saturated heterocycles. The Hall–Kier alpha value is -0.900. The van der Waals surface area contributed by atoms with Gasteiger partial charge in [-0.05, 0) is 19.3 Å². The van der Waals surface area contributed by atoms with Crippen molar-refractivity contribution in [3.05, 3.63) is 12.2 Å². The van der Waals surface area contributed by atoms with Gasteiger partial charge in [0.1, 0.15) is 12.2 Å². The van der Waals surface area contributed by atoms with E-state index >= 15 is 0 Å². The molecule has 1 fully saturated rings. The first-order chi connectivity index (χ1) is 5.83. The number of rotatable bonds is 3. The van der Waals surface area contributed by atoms with Crippen molar-refractivity contribution in [1.29, 1.82) is 0 Å². The molecular weight excluding hydrogens is 152 g/mol. The molecule has 0 bridgehead atoms. The molecule has 0 aliphatic heterocycles. The second-order valence-corrected chi connectivity index (χ2v) is 3.34. The topological polar surface area (TPSA) is 56.7 Å². The first-order valence-electron chi connectivity index (χ1n) is 4.48. The summed E-state index contributed by atoms with van der Waals surface area (Å²) in [6.07, 6.45) is 5.22. The molecule has 2 N–H and O–H groups in total. The highest BCUT2D eigenvalue weighted by molar-refractivity contribution is 4.99. The molecule has 0 radical (unpaired) electrons. The molecule has 12 heavy (non-hydrogen) atoms. The van der Waals surface area contributed by atoms with Gasteiger partial charge < -0.3 is 10.3 Å². The van der Waals surface area contributed by atoms with Crippen molar-refractivity contribution in [2.24, 2.45) is 5.73 Å². The molecule has 0 spiro atoms. The van der Waals surface area contributed by atoms with Gasteiger partial charge in [-0.25, -0.2) is 0 Å². The largest absolute Gasteiger partial charge is 0.321 e. The maximum absolute atomic E-state index is 5.88. The standard InChI is InChI=1S/C8H14N4/c1-2-7(9)8-11-10-5-12(8)6-3-4-6/h5-7H,2-4,9H2,1H3. The normalized spacial score (nSPS) is 19.5. The number of nitrogens with zero attached hydrogens (tertiary/aromatic N) is 3. The fourth-order valence-corrected chi connectivity index (χ4v) is 1.33. The van der Waals surface area contributed by atoms with Crippen molar-refractivity contribution < 1.29 is 0 Å². The van der Waals surface area contributed by atoms with Crippen LogP contribution in [0.25, 0.3) is 0 Å². The van der Waals surface area contributed by atoms with E-state index in [0.717, 1.165) is 12.2 Å². The lowest BCUT2D eigenvalue weighted by atomic mass is 10.2.